The molecular weight excluding hydrogens is 324 g/mol. The van der Waals surface area contributed by atoms with E-state index in [4.69, 9.17) is 0 Å². The Kier molecular flexibility index (Phi) is 4.69. The fourth-order valence-electron chi connectivity index (χ4n) is 2.82. The number of aliphatic hydroxyl groups is 1. The molecule has 0 bridgehead atoms. The number of hydrogen-bond donors (Lipinski definition) is 2. The van der Waals surface area contributed by atoms with Gasteiger partial charge >= 0.3 is 0 Å². The second kappa shape index (κ2) is 6.75. The van der Waals surface area contributed by atoms with E-state index in [1.165, 1.54) is 11.3 Å². The van der Waals surface area contributed by atoms with Crippen molar-refractivity contribution < 1.29 is 14.7 Å². The molecule has 1 saturated heterocycles. The molecule has 1 aromatic carbocycles. The summed E-state index contributed by atoms with van der Waals surface area (Å²) in [6, 6.07) is 13.1. The summed E-state index contributed by atoms with van der Waals surface area (Å²) in [5.41, 5.74) is -0.297. The molecule has 2 amide bonds. The molecule has 6 heteroatoms. The Morgan fingerprint density at radius 3 is 2.75 bits per heavy atom. The zero-order valence-corrected chi connectivity index (χ0v) is 14.3. The number of nitrogens with zero attached hydrogens (tertiary/aromatic N) is 1. The van der Waals surface area contributed by atoms with Gasteiger partial charge in [0.25, 0.3) is 0 Å². The number of nitrogens with one attached hydrogen (secondary N) is 1. The first kappa shape index (κ1) is 16.7. The van der Waals surface area contributed by atoms with Gasteiger partial charge < -0.3 is 15.3 Å². The minimum absolute atomic E-state index is 0.0497. The van der Waals surface area contributed by atoms with Crippen LogP contribution in [-0.2, 0) is 15.2 Å². The average molecular weight is 344 g/mol. The molecular formula is C18H20N2O3S. The Bertz CT molecular complexity index is 713. The molecule has 2 unspecified atom stereocenters. The highest BCUT2D eigenvalue weighted by molar-refractivity contribution is 7.10. The van der Waals surface area contributed by atoms with Crippen molar-refractivity contribution in [2.24, 2.45) is 5.92 Å². The van der Waals surface area contributed by atoms with Gasteiger partial charge in [0.15, 0.2) is 0 Å². The van der Waals surface area contributed by atoms with Gasteiger partial charge in [0.2, 0.25) is 11.8 Å². The van der Waals surface area contributed by atoms with E-state index in [0.717, 1.165) is 10.6 Å². The topological polar surface area (TPSA) is 69.6 Å². The number of amides is 2. The summed E-state index contributed by atoms with van der Waals surface area (Å²) in [5.74, 6) is -0.637. The van der Waals surface area contributed by atoms with Crippen molar-refractivity contribution in [1.82, 2.24) is 5.32 Å². The van der Waals surface area contributed by atoms with Crippen molar-refractivity contribution in [3.8, 4) is 0 Å². The molecule has 5 nitrogen and oxygen atoms in total. The maximum absolute atomic E-state index is 12.4. The summed E-state index contributed by atoms with van der Waals surface area (Å²) < 4.78 is 0. The molecule has 2 aromatic rings. The zero-order chi connectivity index (χ0) is 17.2. The van der Waals surface area contributed by atoms with Crippen molar-refractivity contribution in [2.45, 2.75) is 18.9 Å². The summed E-state index contributed by atoms with van der Waals surface area (Å²) in [5, 5.41) is 15.1. The first-order valence-corrected chi connectivity index (χ1v) is 8.75. The van der Waals surface area contributed by atoms with Crippen LogP contribution in [0.3, 0.4) is 0 Å². The first-order chi connectivity index (χ1) is 11.5. The smallest absolute Gasteiger partial charge is 0.227 e. The van der Waals surface area contributed by atoms with Crippen LogP contribution in [0.2, 0.25) is 0 Å². The van der Waals surface area contributed by atoms with E-state index in [1.54, 1.807) is 11.8 Å². The normalized spacial score (nSPS) is 20.0. The molecule has 3 rings (SSSR count). The van der Waals surface area contributed by atoms with Crippen LogP contribution in [0.5, 0.6) is 0 Å². The second-order valence-electron chi connectivity index (χ2n) is 6.21. The van der Waals surface area contributed by atoms with Gasteiger partial charge in [0, 0.05) is 23.5 Å². The van der Waals surface area contributed by atoms with E-state index in [1.807, 2.05) is 47.8 Å². The average Bonchev–Trinajstić information content (AvgIpc) is 3.23. The van der Waals surface area contributed by atoms with Crippen molar-refractivity contribution in [1.29, 1.82) is 0 Å². The summed E-state index contributed by atoms with van der Waals surface area (Å²) in [4.78, 5) is 27.0. The van der Waals surface area contributed by atoms with E-state index in [2.05, 4.69) is 5.32 Å². The Labute approximate surface area is 144 Å². The molecule has 1 fully saturated rings. The van der Waals surface area contributed by atoms with E-state index < -0.39 is 11.5 Å². The van der Waals surface area contributed by atoms with E-state index >= 15 is 0 Å². The van der Waals surface area contributed by atoms with Crippen LogP contribution >= 0.6 is 11.3 Å². The standard InChI is InChI=1S/C18H20N2O3S/c1-18(23,15-8-5-9-24-15)12-19-17(22)13-10-16(21)20(11-13)14-6-3-2-4-7-14/h2-9,13,23H,10-12H2,1H3,(H,19,22). The Balaban J connectivity index is 1.59. The molecule has 1 aliphatic rings. The Morgan fingerprint density at radius 1 is 1.33 bits per heavy atom. The largest absolute Gasteiger partial charge is 0.383 e. The Hall–Kier alpha value is -2.18. The van der Waals surface area contributed by atoms with E-state index in [0.29, 0.717) is 6.54 Å². The highest BCUT2D eigenvalue weighted by Crippen LogP contribution is 2.26. The maximum atomic E-state index is 12.4. The summed E-state index contributed by atoms with van der Waals surface area (Å²) in [6.45, 7) is 2.17. The molecule has 0 aliphatic carbocycles. The number of carbonyl (C=O) groups is 2. The highest BCUT2D eigenvalue weighted by Gasteiger charge is 2.36. The van der Waals surface area contributed by atoms with Crippen LogP contribution in [0, 0.1) is 5.92 Å². The molecule has 1 aliphatic heterocycles. The van der Waals surface area contributed by atoms with Crippen LogP contribution in [0.25, 0.3) is 0 Å². The monoisotopic (exact) mass is 344 g/mol. The SMILES string of the molecule is CC(O)(CNC(=O)C1CC(=O)N(c2ccccc2)C1)c1cccs1. The molecule has 2 atom stereocenters. The lowest BCUT2D eigenvalue weighted by atomic mass is 10.0. The van der Waals surface area contributed by atoms with Gasteiger partial charge in [0.1, 0.15) is 5.60 Å². The van der Waals surface area contributed by atoms with Gasteiger partial charge in [-0.15, -0.1) is 11.3 Å². The summed E-state index contributed by atoms with van der Waals surface area (Å²) >= 11 is 1.45. The quantitative estimate of drug-likeness (QED) is 0.873. The first-order valence-electron chi connectivity index (χ1n) is 7.87. The highest BCUT2D eigenvalue weighted by atomic mass is 32.1. The number of benzene rings is 1. The number of hydrogen-bond acceptors (Lipinski definition) is 4. The minimum atomic E-state index is -1.11. The van der Waals surface area contributed by atoms with Crippen molar-refractivity contribution >= 4 is 28.8 Å². The van der Waals surface area contributed by atoms with Crippen LogP contribution in [0.1, 0.15) is 18.2 Å². The van der Waals surface area contributed by atoms with Crippen molar-refractivity contribution in [3.05, 3.63) is 52.7 Å². The zero-order valence-electron chi connectivity index (χ0n) is 13.4. The number of carbonyl (C=O) groups excluding carboxylic acids is 2. The van der Waals surface area contributed by atoms with Crippen LogP contribution in [0.4, 0.5) is 5.69 Å². The molecule has 2 N–H and O–H groups in total. The fourth-order valence-corrected chi connectivity index (χ4v) is 3.60. The lowest BCUT2D eigenvalue weighted by Crippen LogP contribution is -2.41. The van der Waals surface area contributed by atoms with Crippen LogP contribution in [-0.4, -0.2) is 30.0 Å². The van der Waals surface area contributed by atoms with Crippen LogP contribution in [0.15, 0.2) is 47.8 Å². The molecule has 24 heavy (non-hydrogen) atoms. The van der Waals surface area contributed by atoms with E-state index in [9.17, 15) is 14.7 Å². The van der Waals surface area contributed by atoms with Gasteiger partial charge in [0.05, 0.1) is 12.5 Å². The number of para-hydroxylation sites is 1. The van der Waals surface area contributed by atoms with Crippen molar-refractivity contribution in [3.63, 3.8) is 0 Å². The predicted octanol–water partition coefficient (Wildman–Crippen LogP) is 2.12. The van der Waals surface area contributed by atoms with Crippen LogP contribution < -0.4 is 10.2 Å². The van der Waals surface area contributed by atoms with Gasteiger partial charge in [-0.3, -0.25) is 9.59 Å². The molecule has 1 aromatic heterocycles. The summed E-state index contributed by atoms with van der Waals surface area (Å²) in [6.07, 6.45) is 0.196. The molecule has 0 radical (unpaired) electrons. The molecule has 0 spiro atoms. The number of rotatable bonds is 5. The lowest BCUT2D eigenvalue weighted by Gasteiger charge is -2.23. The molecule has 126 valence electrons. The third-order valence-electron chi connectivity index (χ3n) is 4.22. The molecule has 2 heterocycles. The maximum Gasteiger partial charge on any atom is 0.227 e. The van der Waals surface area contributed by atoms with E-state index in [-0.39, 0.29) is 24.8 Å². The molecule has 0 saturated carbocycles. The number of anilines is 1. The minimum Gasteiger partial charge on any atom is -0.383 e. The lowest BCUT2D eigenvalue weighted by molar-refractivity contribution is -0.127. The van der Waals surface area contributed by atoms with Gasteiger partial charge in [-0.05, 0) is 30.5 Å². The Morgan fingerprint density at radius 2 is 2.08 bits per heavy atom. The fraction of sp³-hybridized carbons (Fsp3) is 0.333. The van der Waals surface area contributed by atoms with Gasteiger partial charge in [-0.25, -0.2) is 0 Å². The number of thiophene rings is 1. The third-order valence-corrected chi connectivity index (χ3v) is 5.35. The predicted molar refractivity (Wildman–Crippen MR) is 93.8 cm³/mol. The van der Waals surface area contributed by atoms with Crippen molar-refractivity contribution in [2.75, 3.05) is 18.0 Å². The third kappa shape index (κ3) is 3.49. The summed E-state index contributed by atoms with van der Waals surface area (Å²) in [7, 11) is 0. The van der Waals surface area contributed by atoms with Gasteiger partial charge in [-0.2, -0.15) is 0 Å². The second-order valence-corrected chi connectivity index (χ2v) is 7.16. The van der Waals surface area contributed by atoms with Gasteiger partial charge in [-0.1, -0.05) is 24.3 Å².